The second kappa shape index (κ2) is 5.86. The van der Waals surface area contributed by atoms with Crippen LogP contribution in [0.15, 0.2) is 47.6 Å². The van der Waals surface area contributed by atoms with Gasteiger partial charge >= 0.3 is 0 Å². The van der Waals surface area contributed by atoms with Crippen LogP contribution in [0, 0.1) is 4.77 Å². The highest BCUT2D eigenvalue weighted by molar-refractivity contribution is 7.99. The molecule has 0 saturated carbocycles. The number of imidazole rings is 2. The van der Waals surface area contributed by atoms with Crippen molar-refractivity contribution in [2.45, 2.75) is 11.6 Å². The molecule has 4 aromatic rings. The van der Waals surface area contributed by atoms with Crippen LogP contribution in [0.25, 0.3) is 22.1 Å². The fourth-order valence-electron chi connectivity index (χ4n) is 2.70. The standard InChI is InChI=1S/C17H16N4S2/c1-21-15-7-6-11(10-14(15)20-17(21)22)8-9-23-16-18-12-4-2-3-5-13(12)19-16/h2-7,10H,8-9H2,1H3,(H,18,19)(H,20,22). The van der Waals surface area contributed by atoms with Crippen LogP contribution in [0.2, 0.25) is 0 Å². The van der Waals surface area contributed by atoms with Crippen LogP contribution >= 0.6 is 24.0 Å². The van der Waals surface area contributed by atoms with Gasteiger partial charge in [0.05, 0.1) is 22.1 Å². The molecule has 2 N–H and O–H groups in total. The SMILES string of the molecule is Cn1c(=S)[nH]c2cc(CCSc3nc4ccccc4[nH]3)ccc21. The van der Waals surface area contributed by atoms with Crippen molar-refractivity contribution in [1.82, 2.24) is 19.5 Å². The van der Waals surface area contributed by atoms with Crippen molar-refractivity contribution < 1.29 is 0 Å². The summed E-state index contributed by atoms with van der Waals surface area (Å²) in [7, 11) is 1.98. The molecular formula is C17H16N4S2. The molecule has 6 heteroatoms. The molecule has 0 radical (unpaired) electrons. The van der Waals surface area contributed by atoms with Crippen molar-refractivity contribution in [3.05, 3.63) is 52.8 Å². The molecule has 4 rings (SSSR count). The highest BCUT2D eigenvalue weighted by atomic mass is 32.2. The van der Waals surface area contributed by atoms with Crippen LogP contribution in [0.1, 0.15) is 5.56 Å². The summed E-state index contributed by atoms with van der Waals surface area (Å²) in [5.74, 6) is 0.985. The summed E-state index contributed by atoms with van der Waals surface area (Å²) < 4.78 is 2.76. The van der Waals surface area contributed by atoms with Gasteiger partial charge in [0.25, 0.3) is 0 Å². The normalized spacial score (nSPS) is 11.5. The zero-order chi connectivity index (χ0) is 15.8. The number of fused-ring (bicyclic) bond motifs is 2. The summed E-state index contributed by atoms with van der Waals surface area (Å²) in [6.07, 6.45) is 0.993. The monoisotopic (exact) mass is 340 g/mol. The molecule has 0 saturated heterocycles. The first-order valence-corrected chi connectivity index (χ1v) is 8.85. The van der Waals surface area contributed by atoms with Gasteiger partial charge in [0.15, 0.2) is 9.93 Å². The van der Waals surface area contributed by atoms with Crippen molar-refractivity contribution in [3.8, 4) is 0 Å². The Morgan fingerprint density at radius 1 is 1.13 bits per heavy atom. The zero-order valence-electron chi connectivity index (χ0n) is 12.7. The summed E-state index contributed by atoms with van der Waals surface area (Å²) in [6, 6.07) is 14.6. The minimum absolute atomic E-state index is 0.758. The molecule has 0 bridgehead atoms. The van der Waals surface area contributed by atoms with Crippen LogP contribution in [0.5, 0.6) is 0 Å². The number of nitrogens with zero attached hydrogens (tertiary/aromatic N) is 2. The smallest absolute Gasteiger partial charge is 0.177 e. The lowest BCUT2D eigenvalue weighted by atomic mass is 10.1. The number of nitrogens with one attached hydrogen (secondary N) is 2. The third kappa shape index (κ3) is 2.80. The third-order valence-electron chi connectivity index (χ3n) is 3.97. The zero-order valence-corrected chi connectivity index (χ0v) is 14.3. The first-order valence-electron chi connectivity index (χ1n) is 7.46. The molecule has 2 aromatic carbocycles. The topological polar surface area (TPSA) is 49.4 Å². The minimum atomic E-state index is 0.758. The van der Waals surface area contributed by atoms with Crippen LogP contribution in [-0.2, 0) is 13.5 Å². The van der Waals surface area contributed by atoms with E-state index in [0.29, 0.717) is 0 Å². The van der Waals surface area contributed by atoms with Gasteiger partial charge in [-0.15, -0.1) is 0 Å². The second-order valence-electron chi connectivity index (χ2n) is 5.50. The summed E-state index contributed by atoms with van der Waals surface area (Å²) in [6.45, 7) is 0. The van der Waals surface area contributed by atoms with E-state index in [9.17, 15) is 0 Å². The van der Waals surface area contributed by atoms with Crippen molar-refractivity contribution in [1.29, 1.82) is 0 Å². The first kappa shape index (κ1) is 14.5. The van der Waals surface area contributed by atoms with E-state index in [1.807, 2.05) is 29.8 Å². The number of benzene rings is 2. The number of aromatic nitrogens is 4. The van der Waals surface area contributed by atoms with Crippen LogP contribution in [0.3, 0.4) is 0 Å². The first-order chi connectivity index (χ1) is 11.2. The molecule has 0 fully saturated rings. The van der Waals surface area contributed by atoms with Gasteiger partial charge in [-0.1, -0.05) is 30.0 Å². The summed E-state index contributed by atoms with van der Waals surface area (Å²) >= 11 is 7.02. The lowest BCUT2D eigenvalue weighted by molar-refractivity contribution is 0.927. The van der Waals surface area contributed by atoms with Gasteiger partial charge in [-0.25, -0.2) is 4.98 Å². The van der Waals surface area contributed by atoms with E-state index < -0.39 is 0 Å². The Morgan fingerprint density at radius 3 is 2.87 bits per heavy atom. The number of thioether (sulfide) groups is 1. The van der Waals surface area contributed by atoms with Crippen LogP contribution in [0.4, 0.5) is 0 Å². The van der Waals surface area contributed by atoms with E-state index >= 15 is 0 Å². The largest absolute Gasteiger partial charge is 0.333 e. The lowest BCUT2D eigenvalue weighted by Crippen LogP contribution is -1.90. The molecule has 0 aliphatic heterocycles. The summed E-state index contributed by atoms with van der Waals surface area (Å²) in [5.41, 5.74) is 5.66. The van der Waals surface area contributed by atoms with Gasteiger partial charge in [-0.05, 0) is 48.5 Å². The van der Waals surface area contributed by atoms with Crippen LogP contribution < -0.4 is 0 Å². The molecule has 4 nitrogen and oxygen atoms in total. The van der Waals surface area contributed by atoms with E-state index in [0.717, 1.165) is 44.2 Å². The Labute approximate surface area is 142 Å². The molecule has 0 atom stereocenters. The number of aromatic amines is 2. The third-order valence-corrected chi connectivity index (χ3v) is 5.22. The van der Waals surface area contributed by atoms with Gasteiger partial charge < -0.3 is 14.5 Å². The highest BCUT2D eigenvalue weighted by Crippen LogP contribution is 2.21. The average molecular weight is 340 g/mol. The van der Waals surface area contributed by atoms with E-state index in [1.54, 1.807) is 11.8 Å². The van der Waals surface area contributed by atoms with Gasteiger partial charge in [0, 0.05) is 12.8 Å². The van der Waals surface area contributed by atoms with E-state index in [1.165, 1.54) is 5.56 Å². The summed E-state index contributed by atoms with van der Waals surface area (Å²) in [5, 5.41) is 0.978. The molecule has 2 heterocycles. The van der Waals surface area contributed by atoms with Crippen molar-refractivity contribution in [2.24, 2.45) is 7.05 Å². The maximum Gasteiger partial charge on any atom is 0.177 e. The molecule has 23 heavy (non-hydrogen) atoms. The van der Waals surface area contributed by atoms with Crippen molar-refractivity contribution >= 4 is 46.0 Å². The molecular weight excluding hydrogens is 324 g/mol. The van der Waals surface area contributed by atoms with E-state index in [2.05, 4.69) is 39.2 Å². The fourth-order valence-corrected chi connectivity index (χ4v) is 3.79. The summed E-state index contributed by atoms with van der Waals surface area (Å²) in [4.78, 5) is 11.2. The Hall–Kier alpha value is -2.05. The van der Waals surface area contributed by atoms with Crippen LogP contribution in [-0.4, -0.2) is 25.3 Å². The number of rotatable bonds is 4. The van der Waals surface area contributed by atoms with E-state index in [4.69, 9.17) is 12.2 Å². The predicted molar refractivity (Wildman–Crippen MR) is 98.6 cm³/mol. The van der Waals surface area contributed by atoms with Gasteiger partial charge in [-0.2, -0.15) is 0 Å². The molecule has 0 unspecified atom stereocenters. The molecule has 0 spiro atoms. The van der Waals surface area contributed by atoms with Crippen molar-refractivity contribution in [3.63, 3.8) is 0 Å². The number of H-pyrrole nitrogens is 2. The number of para-hydroxylation sites is 2. The maximum atomic E-state index is 5.27. The highest BCUT2D eigenvalue weighted by Gasteiger charge is 2.05. The fraction of sp³-hybridized carbons (Fsp3) is 0.176. The predicted octanol–water partition coefficient (Wildman–Crippen LogP) is 4.45. The van der Waals surface area contributed by atoms with Gasteiger partial charge in [-0.3, -0.25) is 0 Å². The number of aryl methyl sites for hydroxylation is 2. The molecule has 0 amide bonds. The van der Waals surface area contributed by atoms with E-state index in [-0.39, 0.29) is 0 Å². The molecule has 0 aliphatic carbocycles. The molecule has 116 valence electrons. The molecule has 0 aliphatic rings. The Bertz CT molecular complexity index is 1010. The second-order valence-corrected chi connectivity index (χ2v) is 6.97. The Balaban J connectivity index is 1.47. The maximum absolute atomic E-state index is 5.27. The Kier molecular flexibility index (Phi) is 3.71. The Morgan fingerprint density at radius 2 is 2.00 bits per heavy atom. The van der Waals surface area contributed by atoms with Crippen molar-refractivity contribution in [2.75, 3.05) is 5.75 Å². The average Bonchev–Trinajstić information content (AvgIpc) is 3.08. The van der Waals surface area contributed by atoms with Gasteiger partial charge in [0.2, 0.25) is 0 Å². The minimum Gasteiger partial charge on any atom is -0.333 e. The lowest BCUT2D eigenvalue weighted by Gasteiger charge is -2.01. The number of hydrogen-bond donors (Lipinski definition) is 2. The molecule has 2 aromatic heterocycles. The van der Waals surface area contributed by atoms with Gasteiger partial charge in [0.1, 0.15) is 0 Å². The number of hydrogen-bond acceptors (Lipinski definition) is 3. The quantitative estimate of drug-likeness (QED) is 0.426.